The number of allylic oxidation sites excluding steroid dienone is 1. The van der Waals surface area contributed by atoms with E-state index >= 15 is 0 Å². The fraction of sp³-hybridized carbons (Fsp3) is 0.897. The summed E-state index contributed by atoms with van der Waals surface area (Å²) in [6.45, 7) is 12.6. The maximum Gasteiger partial charge on any atom is 0.316 e. The van der Waals surface area contributed by atoms with Gasteiger partial charge in [0.2, 0.25) is 0 Å². The summed E-state index contributed by atoms with van der Waals surface area (Å²) in [6.07, 6.45) is 17.3. The minimum absolute atomic E-state index is 0.0403. The van der Waals surface area contributed by atoms with Gasteiger partial charge in [-0.2, -0.15) is 0 Å². The van der Waals surface area contributed by atoms with Crippen LogP contribution in [-0.2, 0) is 9.53 Å². The van der Waals surface area contributed by atoms with Gasteiger partial charge in [0.1, 0.15) is 6.10 Å². The van der Waals surface area contributed by atoms with Crippen molar-refractivity contribution in [1.82, 2.24) is 0 Å². The SMILES string of the molecule is CC(C)CCC[C@H](C)[C@H]1CC[C@H]2[C@@H]3CC=C4C[C@H](OC(=O)CI)CC[C@]4(C)[C@H]3CC[C@]12C. The number of fused-ring (bicyclic) bond motifs is 5. The number of alkyl halides is 1. The normalized spacial score (nSPS) is 42.0. The highest BCUT2D eigenvalue weighted by Gasteiger charge is 2.59. The summed E-state index contributed by atoms with van der Waals surface area (Å²) in [5.41, 5.74) is 2.53. The van der Waals surface area contributed by atoms with Crippen LogP contribution in [0.4, 0.5) is 0 Å². The number of halogens is 1. The van der Waals surface area contributed by atoms with E-state index in [0.29, 0.717) is 15.3 Å². The Hall–Kier alpha value is -0.0600. The molecule has 3 fully saturated rings. The van der Waals surface area contributed by atoms with Crippen molar-refractivity contribution in [3.8, 4) is 0 Å². The molecule has 0 heterocycles. The predicted octanol–water partition coefficient (Wildman–Crippen LogP) is 8.37. The summed E-state index contributed by atoms with van der Waals surface area (Å²) in [5.74, 6) is 5.26. The molecule has 3 saturated carbocycles. The number of hydrogen-bond donors (Lipinski definition) is 0. The lowest BCUT2D eigenvalue weighted by Gasteiger charge is -2.58. The summed E-state index contributed by atoms with van der Waals surface area (Å²) >= 11 is 2.12. The Kier molecular flexibility index (Phi) is 7.75. The van der Waals surface area contributed by atoms with Crippen molar-refractivity contribution in [1.29, 1.82) is 0 Å². The first-order valence-electron chi connectivity index (χ1n) is 13.6. The van der Waals surface area contributed by atoms with Gasteiger partial charge in [-0.25, -0.2) is 0 Å². The fourth-order valence-corrected chi connectivity index (χ4v) is 9.15. The van der Waals surface area contributed by atoms with E-state index in [2.05, 4.69) is 63.3 Å². The third-order valence-electron chi connectivity index (χ3n) is 10.7. The van der Waals surface area contributed by atoms with E-state index in [-0.39, 0.29) is 12.1 Å². The van der Waals surface area contributed by atoms with Gasteiger partial charge in [-0.15, -0.1) is 0 Å². The molecule has 8 atom stereocenters. The van der Waals surface area contributed by atoms with Gasteiger partial charge < -0.3 is 4.74 Å². The number of carbonyl (C=O) groups excluding carboxylic acids is 1. The van der Waals surface area contributed by atoms with Crippen LogP contribution in [0.1, 0.15) is 105 Å². The molecule has 4 aliphatic carbocycles. The van der Waals surface area contributed by atoms with Crippen molar-refractivity contribution in [3.05, 3.63) is 11.6 Å². The van der Waals surface area contributed by atoms with Gasteiger partial charge in [-0.1, -0.05) is 88.1 Å². The first-order valence-corrected chi connectivity index (χ1v) is 15.2. The van der Waals surface area contributed by atoms with E-state index in [9.17, 15) is 4.79 Å². The fourth-order valence-electron chi connectivity index (χ4n) is 8.97. The highest BCUT2D eigenvalue weighted by Crippen LogP contribution is 2.67. The van der Waals surface area contributed by atoms with Gasteiger partial charge >= 0.3 is 5.97 Å². The van der Waals surface area contributed by atoms with E-state index in [1.165, 1.54) is 57.8 Å². The zero-order chi connectivity index (χ0) is 23.1. The van der Waals surface area contributed by atoms with E-state index in [1.54, 1.807) is 5.57 Å². The Balaban J connectivity index is 1.45. The summed E-state index contributed by atoms with van der Waals surface area (Å²) in [7, 11) is 0. The molecule has 0 N–H and O–H groups in total. The Bertz CT molecular complexity index is 714. The Morgan fingerprint density at radius 1 is 1.09 bits per heavy atom. The standard InChI is InChI=1S/C29H47IO2/c1-19(2)7-6-8-20(3)24-11-12-25-23-10-9-21-17-22(32-27(31)18-30)13-15-28(21,4)26(23)14-16-29(24,25)5/h9,19-20,22-26H,6-8,10-18H2,1-5H3/t20-,22+,23-,24+,25-,26-,28-,29+/m0/s1. The van der Waals surface area contributed by atoms with Gasteiger partial charge in [0.25, 0.3) is 0 Å². The molecule has 0 radical (unpaired) electrons. The second-order valence-electron chi connectivity index (χ2n) is 12.8. The quantitative estimate of drug-likeness (QED) is 0.137. The zero-order valence-electron chi connectivity index (χ0n) is 21.3. The summed E-state index contributed by atoms with van der Waals surface area (Å²) in [6, 6.07) is 0. The van der Waals surface area contributed by atoms with Crippen molar-refractivity contribution in [2.24, 2.45) is 46.3 Å². The Morgan fingerprint density at radius 2 is 1.88 bits per heavy atom. The second-order valence-corrected chi connectivity index (χ2v) is 13.5. The molecule has 0 aliphatic heterocycles. The van der Waals surface area contributed by atoms with Gasteiger partial charge in [0.05, 0.1) is 4.43 Å². The molecule has 0 aromatic heterocycles. The molecule has 4 rings (SSSR count). The van der Waals surface area contributed by atoms with Crippen molar-refractivity contribution >= 4 is 28.6 Å². The van der Waals surface area contributed by atoms with Crippen LogP contribution in [0, 0.1) is 46.3 Å². The average molecular weight is 555 g/mol. The molecule has 0 saturated heterocycles. The molecule has 3 heteroatoms. The van der Waals surface area contributed by atoms with E-state index in [4.69, 9.17) is 4.74 Å². The number of ether oxygens (including phenoxy) is 1. The lowest BCUT2D eigenvalue weighted by molar-refractivity contribution is -0.147. The molecule has 0 aromatic rings. The van der Waals surface area contributed by atoms with Crippen molar-refractivity contribution in [3.63, 3.8) is 0 Å². The molecular weight excluding hydrogens is 507 g/mol. The van der Waals surface area contributed by atoms with Crippen LogP contribution in [0.2, 0.25) is 0 Å². The van der Waals surface area contributed by atoms with Crippen LogP contribution in [0.3, 0.4) is 0 Å². The molecule has 32 heavy (non-hydrogen) atoms. The summed E-state index contributed by atoms with van der Waals surface area (Å²) in [5, 5.41) is 0. The van der Waals surface area contributed by atoms with Gasteiger partial charge in [-0.05, 0) is 91.3 Å². The molecular formula is C29H47IO2. The van der Waals surface area contributed by atoms with E-state index in [0.717, 1.165) is 48.3 Å². The largest absolute Gasteiger partial charge is 0.461 e. The number of esters is 1. The lowest BCUT2D eigenvalue weighted by atomic mass is 9.47. The Morgan fingerprint density at radius 3 is 2.59 bits per heavy atom. The molecule has 0 bridgehead atoms. The first kappa shape index (κ1) is 25.0. The van der Waals surface area contributed by atoms with Crippen molar-refractivity contribution in [2.45, 2.75) is 111 Å². The Labute approximate surface area is 211 Å². The van der Waals surface area contributed by atoms with Crippen LogP contribution in [0.5, 0.6) is 0 Å². The van der Waals surface area contributed by atoms with Gasteiger partial charge in [-0.3, -0.25) is 4.79 Å². The molecule has 0 unspecified atom stereocenters. The van der Waals surface area contributed by atoms with Crippen molar-refractivity contribution < 1.29 is 9.53 Å². The third-order valence-corrected chi connectivity index (χ3v) is 11.3. The summed E-state index contributed by atoms with van der Waals surface area (Å²) < 4.78 is 6.22. The molecule has 0 spiro atoms. The van der Waals surface area contributed by atoms with Crippen LogP contribution in [-0.4, -0.2) is 16.5 Å². The van der Waals surface area contributed by atoms with Crippen LogP contribution in [0.25, 0.3) is 0 Å². The lowest BCUT2D eigenvalue weighted by Crippen LogP contribution is -2.51. The van der Waals surface area contributed by atoms with Gasteiger partial charge in [0.15, 0.2) is 0 Å². The third kappa shape index (κ3) is 4.59. The minimum Gasteiger partial charge on any atom is -0.461 e. The molecule has 182 valence electrons. The van der Waals surface area contributed by atoms with E-state index < -0.39 is 0 Å². The van der Waals surface area contributed by atoms with Crippen LogP contribution < -0.4 is 0 Å². The maximum absolute atomic E-state index is 11.8. The minimum atomic E-state index is -0.0403. The first-order chi connectivity index (χ1) is 15.2. The monoisotopic (exact) mass is 554 g/mol. The summed E-state index contributed by atoms with van der Waals surface area (Å²) in [4.78, 5) is 11.8. The van der Waals surface area contributed by atoms with Crippen LogP contribution in [0.15, 0.2) is 11.6 Å². The number of rotatable bonds is 7. The van der Waals surface area contributed by atoms with Crippen LogP contribution >= 0.6 is 22.6 Å². The maximum atomic E-state index is 11.8. The van der Waals surface area contributed by atoms with Crippen molar-refractivity contribution in [2.75, 3.05) is 4.43 Å². The molecule has 0 aromatic carbocycles. The smallest absolute Gasteiger partial charge is 0.316 e. The highest BCUT2D eigenvalue weighted by atomic mass is 127. The molecule has 2 nitrogen and oxygen atoms in total. The second kappa shape index (κ2) is 9.90. The van der Waals surface area contributed by atoms with E-state index in [1.807, 2.05) is 0 Å². The topological polar surface area (TPSA) is 26.3 Å². The van der Waals surface area contributed by atoms with Gasteiger partial charge in [0, 0.05) is 6.42 Å². The number of carbonyl (C=O) groups is 1. The highest BCUT2D eigenvalue weighted by molar-refractivity contribution is 14.1. The number of hydrogen-bond acceptors (Lipinski definition) is 2. The zero-order valence-corrected chi connectivity index (χ0v) is 23.5. The average Bonchev–Trinajstić information content (AvgIpc) is 3.11. The molecule has 4 aliphatic rings. The predicted molar refractivity (Wildman–Crippen MR) is 142 cm³/mol. The molecule has 0 amide bonds.